The van der Waals surface area contributed by atoms with Gasteiger partial charge in [0.15, 0.2) is 0 Å². The Morgan fingerprint density at radius 3 is 2.72 bits per heavy atom. The second-order valence-corrected chi connectivity index (χ2v) is 5.93. The number of rotatable bonds is 4. The van der Waals surface area contributed by atoms with Crippen LogP contribution in [0, 0.1) is 0 Å². The Labute approximate surface area is 147 Å². The van der Waals surface area contributed by atoms with E-state index in [0.717, 1.165) is 23.2 Å². The zero-order valence-electron chi connectivity index (χ0n) is 14.3. The second kappa shape index (κ2) is 7.62. The van der Waals surface area contributed by atoms with Crippen LogP contribution in [0.5, 0.6) is 0 Å². The smallest absolute Gasteiger partial charge is 0.368 e. The number of allylic oxidation sites excluding steroid dienone is 8. The first-order valence-corrected chi connectivity index (χ1v) is 8.14. The standard InChI is InChI=1S/C21H20N2O2/c1-23(2)18-14-12-16(13-15-18)8-7-11-19-20(22-25-21(19)24)17-9-5-3-4-6-10-17/h3,5-15H,4H2,1-2H3/b8-7+,19-11+. The molecule has 1 aromatic carbocycles. The highest BCUT2D eigenvalue weighted by Gasteiger charge is 2.26. The molecule has 0 fully saturated rings. The lowest BCUT2D eigenvalue weighted by Crippen LogP contribution is -2.07. The lowest BCUT2D eigenvalue weighted by Gasteiger charge is -2.11. The summed E-state index contributed by atoms with van der Waals surface area (Å²) in [6.07, 6.45) is 16.3. The third kappa shape index (κ3) is 4.04. The van der Waals surface area contributed by atoms with Crippen LogP contribution in [0.25, 0.3) is 6.08 Å². The molecule has 4 nitrogen and oxygen atoms in total. The average molecular weight is 332 g/mol. The molecule has 1 aliphatic carbocycles. The minimum absolute atomic E-state index is 0.426. The minimum Gasteiger partial charge on any atom is -0.378 e. The molecular formula is C21H20N2O2. The van der Waals surface area contributed by atoms with Crippen LogP contribution in [0.3, 0.4) is 0 Å². The Morgan fingerprint density at radius 1 is 1.16 bits per heavy atom. The molecule has 0 atom stereocenters. The van der Waals surface area contributed by atoms with Crippen molar-refractivity contribution in [2.75, 3.05) is 19.0 Å². The molecule has 1 aliphatic heterocycles. The van der Waals surface area contributed by atoms with Crippen LogP contribution in [0.4, 0.5) is 5.69 Å². The summed E-state index contributed by atoms with van der Waals surface area (Å²) in [7, 11) is 4.02. The summed E-state index contributed by atoms with van der Waals surface area (Å²) in [5.74, 6) is -0.426. The molecule has 126 valence electrons. The minimum atomic E-state index is -0.426. The fraction of sp³-hybridized carbons (Fsp3) is 0.143. The molecular weight excluding hydrogens is 312 g/mol. The molecule has 0 N–H and O–H groups in total. The fourth-order valence-electron chi connectivity index (χ4n) is 2.51. The Bertz CT molecular complexity index is 835. The summed E-state index contributed by atoms with van der Waals surface area (Å²) in [5, 5.41) is 3.93. The monoisotopic (exact) mass is 332 g/mol. The number of benzene rings is 1. The van der Waals surface area contributed by atoms with E-state index in [0.29, 0.717) is 11.3 Å². The van der Waals surface area contributed by atoms with Gasteiger partial charge in [0.2, 0.25) is 0 Å². The maximum Gasteiger partial charge on any atom is 0.368 e. The molecule has 0 unspecified atom stereocenters. The number of nitrogens with zero attached hydrogens (tertiary/aromatic N) is 2. The van der Waals surface area contributed by atoms with Gasteiger partial charge in [0.1, 0.15) is 5.71 Å². The number of hydrogen-bond acceptors (Lipinski definition) is 4. The molecule has 0 bridgehead atoms. The summed E-state index contributed by atoms with van der Waals surface area (Å²) < 4.78 is 0. The van der Waals surface area contributed by atoms with Gasteiger partial charge in [-0.2, -0.15) is 0 Å². The van der Waals surface area contributed by atoms with Crippen molar-refractivity contribution in [1.29, 1.82) is 0 Å². The number of hydrogen-bond donors (Lipinski definition) is 0. The third-order valence-corrected chi connectivity index (χ3v) is 3.91. The van der Waals surface area contributed by atoms with Crippen LogP contribution in [-0.4, -0.2) is 25.8 Å². The maximum absolute atomic E-state index is 12.0. The van der Waals surface area contributed by atoms with Gasteiger partial charge in [-0.1, -0.05) is 59.8 Å². The molecule has 0 radical (unpaired) electrons. The molecule has 25 heavy (non-hydrogen) atoms. The van der Waals surface area contributed by atoms with E-state index in [1.165, 1.54) is 0 Å². The van der Waals surface area contributed by atoms with Gasteiger partial charge in [-0.3, -0.25) is 0 Å². The highest BCUT2D eigenvalue weighted by molar-refractivity contribution is 6.29. The van der Waals surface area contributed by atoms with Gasteiger partial charge >= 0.3 is 5.97 Å². The van der Waals surface area contributed by atoms with Crippen molar-refractivity contribution < 1.29 is 9.63 Å². The van der Waals surface area contributed by atoms with E-state index in [2.05, 4.69) is 22.2 Å². The molecule has 3 rings (SSSR count). The topological polar surface area (TPSA) is 41.9 Å². The first-order chi connectivity index (χ1) is 12.1. The number of anilines is 1. The van der Waals surface area contributed by atoms with E-state index in [-0.39, 0.29) is 0 Å². The Hall–Kier alpha value is -3.14. The first-order valence-electron chi connectivity index (χ1n) is 8.14. The molecule has 2 aliphatic rings. The second-order valence-electron chi connectivity index (χ2n) is 5.93. The quantitative estimate of drug-likeness (QED) is 0.617. The van der Waals surface area contributed by atoms with E-state index in [1.54, 1.807) is 6.08 Å². The van der Waals surface area contributed by atoms with E-state index in [9.17, 15) is 4.79 Å². The molecule has 1 aromatic rings. The summed E-state index contributed by atoms with van der Waals surface area (Å²) in [6, 6.07) is 8.18. The van der Waals surface area contributed by atoms with Crippen LogP contribution < -0.4 is 4.90 Å². The van der Waals surface area contributed by atoms with E-state index < -0.39 is 5.97 Å². The lowest BCUT2D eigenvalue weighted by atomic mass is 10.0. The van der Waals surface area contributed by atoms with Crippen molar-refractivity contribution >= 4 is 23.4 Å². The van der Waals surface area contributed by atoms with Crippen molar-refractivity contribution in [3.05, 3.63) is 83.5 Å². The summed E-state index contributed by atoms with van der Waals surface area (Å²) >= 11 is 0. The Balaban J connectivity index is 1.79. The molecule has 0 spiro atoms. The number of oxime groups is 1. The average Bonchev–Trinajstić information content (AvgIpc) is 2.82. The Kier molecular flexibility index (Phi) is 5.09. The van der Waals surface area contributed by atoms with E-state index in [1.807, 2.05) is 68.8 Å². The SMILES string of the molecule is CN(C)c1ccc(/C=C/C=C2/C(=O)ON=C2C2=CC=CCC=C2)cc1. The molecule has 0 amide bonds. The highest BCUT2D eigenvalue weighted by Crippen LogP contribution is 2.20. The van der Waals surface area contributed by atoms with Crippen molar-refractivity contribution in [2.24, 2.45) is 5.16 Å². The van der Waals surface area contributed by atoms with Crippen LogP contribution >= 0.6 is 0 Å². The van der Waals surface area contributed by atoms with Gasteiger partial charge in [-0.05, 0) is 30.2 Å². The van der Waals surface area contributed by atoms with Crippen LogP contribution in [0.1, 0.15) is 12.0 Å². The highest BCUT2D eigenvalue weighted by atomic mass is 16.7. The van der Waals surface area contributed by atoms with Gasteiger partial charge in [-0.15, -0.1) is 0 Å². The predicted molar refractivity (Wildman–Crippen MR) is 102 cm³/mol. The van der Waals surface area contributed by atoms with Gasteiger partial charge in [0.25, 0.3) is 0 Å². The predicted octanol–water partition coefficient (Wildman–Crippen LogP) is 4.05. The van der Waals surface area contributed by atoms with Crippen LogP contribution in [0.2, 0.25) is 0 Å². The third-order valence-electron chi connectivity index (χ3n) is 3.91. The van der Waals surface area contributed by atoms with Gasteiger partial charge < -0.3 is 9.74 Å². The first kappa shape index (κ1) is 16.7. The summed E-state index contributed by atoms with van der Waals surface area (Å²) in [4.78, 5) is 18.9. The lowest BCUT2D eigenvalue weighted by molar-refractivity contribution is -0.136. The van der Waals surface area contributed by atoms with E-state index >= 15 is 0 Å². The van der Waals surface area contributed by atoms with Gasteiger partial charge in [0, 0.05) is 25.4 Å². The molecule has 4 heteroatoms. The molecule has 0 aromatic heterocycles. The number of carbonyl (C=O) groups excluding carboxylic acids is 1. The molecule has 0 saturated carbocycles. The number of carbonyl (C=O) groups is 1. The van der Waals surface area contributed by atoms with Crippen molar-refractivity contribution in [1.82, 2.24) is 0 Å². The van der Waals surface area contributed by atoms with Gasteiger partial charge in [0.05, 0.1) is 5.57 Å². The molecule has 1 heterocycles. The van der Waals surface area contributed by atoms with Gasteiger partial charge in [-0.25, -0.2) is 4.79 Å². The van der Waals surface area contributed by atoms with Crippen molar-refractivity contribution in [2.45, 2.75) is 6.42 Å². The Morgan fingerprint density at radius 2 is 1.96 bits per heavy atom. The summed E-state index contributed by atoms with van der Waals surface area (Å²) in [6.45, 7) is 0. The van der Waals surface area contributed by atoms with Crippen molar-refractivity contribution in [3.63, 3.8) is 0 Å². The molecule has 0 saturated heterocycles. The normalized spacial score (nSPS) is 18.3. The zero-order chi connectivity index (χ0) is 17.6. The zero-order valence-corrected chi connectivity index (χ0v) is 14.3. The van der Waals surface area contributed by atoms with E-state index in [4.69, 9.17) is 4.84 Å². The summed E-state index contributed by atoms with van der Waals surface area (Å²) in [5.41, 5.74) is 4.11. The largest absolute Gasteiger partial charge is 0.378 e. The van der Waals surface area contributed by atoms with Crippen molar-refractivity contribution in [3.8, 4) is 0 Å². The van der Waals surface area contributed by atoms with Crippen LogP contribution in [0.15, 0.2) is 83.1 Å². The maximum atomic E-state index is 12.0. The fourth-order valence-corrected chi connectivity index (χ4v) is 2.51. The van der Waals surface area contributed by atoms with Crippen LogP contribution in [-0.2, 0) is 9.63 Å².